The molecule has 1 amide bonds. The maximum atomic E-state index is 14.1. The highest BCUT2D eigenvalue weighted by molar-refractivity contribution is 7.21. The summed E-state index contributed by atoms with van der Waals surface area (Å²) in [4.78, 5) is 17.5. The Kier molecular flexibility index (Phi) is 6.13. The van der Waals surface area contributed by atoms with Crippen LogP contribution in [0.3, 0.4) is 0 Å². The van der Waals surface area contributed by atoms with Gasteiger partial charge in [-0.2, -0.15) is 13.2 Å². The molecule has 0 aliphatic heterocycles. The summed E-state index contributed by atoms with van der Waals surface area (Å²) in [5.41, 5.74) is 6.59. The molecule has 0 unspecified atom stereocenters. The van der Waals surface area contributed by atoms with Crippen LogP contribution in [0.1, 0.15) is 45.4 Å². The molecule has 1 aliphatic rings. The standard InChI is InChI=1S/C23H24F3N3O3S/c1-11-4-6-14-13(8-11)18(23(24,25)26)17-19(27)20(33-22(17)29-14)21(30)28-10-12-5-7-15(31-2)16(9-12)32-3/h5,7,9,11H,4,6,8,10,27H2,1-3H3,(H,28,30)/t11-/m1/s1. The summed E-state index contributed by atoms with van der Waals surface area (Å²) >= 11 is 0.892. The number of amides is 1. The monoisotopic (exact) mass is 479 g/mol. The molecule has 0 radical (unpaired) electrons. The summed E-state index contributed by atoms with van der Waals surface area (Å²) in [5.74, 6) is 0.626. The molecular formula is C23H24F3N3O3S. The van der Waals surface area contributed by atoms with Crippen molar-refractivity contribution >= 4 is 33.1 Å². The minimum Gasteiger partial charge on any atom is -0.493 e. The highest BCUT2D eigenvalue weighted by Crippen LogP contribution is 2.46. The lowest BCUT2D eigenvalue weighted by Gasteiger charge is -2.25. The van der Waals surface area contributed by atoms with Gasteiger partial charge in [0.2, 0.25) is 0 Å². The van der Waals surface area contributed by atoms with Crippen LogP contribution in [0.25, 0.3) is 10.2 Å². The van der Waals surface area contributed by atoms with Crippen LogP contribution >= 0.6 is 11.3 Å². The fraction of sp³-hybridized carbons (Fsp3) is 0.391. The lowest BCUT2D eigenvalue weighted by molar-refractivity contribution is -0.137. The average Bonchev–Trinajstić information content (AvgIpc) is 3.10. The lowest BCUT2D eigenvalue weighted by Crippen LogP contribution is -2.23. The van der Waals surface area contributed by atoms with Gasteiger partial charge in [0.05, 0.1) is 25.5 Å². The molecule has 10 heteroatoms. The molecule has 1 aromatic carbocycles. The third kappa shape index (κ3) is 4.31. The Balaban J connectivity index is 1.69. The van der Waals surface area contributed by atoms with Gasteiger partial charge < -0.3 is 20.5 Å². The number of thiophene rings is 1. The zero-order valence-electron chi connectivity index (χ0n) is 18.4. The summed E-state index contributed by atoms with van der Waals surface area (Å²) < 4.78 is 52.8. The molecule has 3 aromatic rings. The quantitative estimate of drug-likeness (QED) is 0.540. The Morgan fingerprint density at radius 1 is 1.27 bits per heavy atom. The molecule has 4 rings (SSSR count). The van der Waals surface area contributed by atoms with Gasteiger partial charge >= 0.3 is 6.18 Å². The second-order valence-electron chi connectivity index (χ2n) is 8.15. The number of hydrogen-bond donors (Lipinski definition) is 2. The fourth-order valence-corrected chi connectivity index (χ4v) is 5.27. The SMILES string of the molecule is COc1ccc(CNC(=O)c2sc3nc4c(c(C(F)(F)F)c3c2N)C[C@H](C)CC4)cc1OC. The molecule has 2 aromatic heterocycles. The largest absolute Gasteiger partial charge is 0.493 e. The van der Waals surface area contributed by atoms with Gasteiger partial charge in [-0.15, -0.1) is 11.3 Å². The second-order valence-corrected chi connectivity index (χ2v) is 9.15. The minimum atomic E-state index is -4.59. The van der Waals surface area contributed by atoms with E-state index < -0.39 is 17.6 Å². The van der Waals surface area contributed by atoms with E-state index in [1.807, 2.05) is 6.92 Å². The highest BCUT2D eigenvalue weighted by Gasteiger charge is 2.40. The molecule has 1 aliphatic carbocycles. The Hall–Kier alpha value is -3.01. The van der Waals surface area contributed by atoms with Crippen molar-refractivity contribution in [1.29, 1.82) is 0 Å². The highest BCUT2D eigenvalue weighted by atomic mass is 32.1. The van der Waals surface area contributed by atoms with Crippen molar-refractivity contribution in [3.8, 4) is 11.5 Å². The number of halogens is 3. The number of carbonyl (C=O) groups excluding carboxylic acids is 1. The van der Waals surface area contributed by atoms with Crippen LogP contribution < -0.4 is 20.5 Å². The van der Waals surface area contributed by atoms with Crippen LogP contribution in [-0.2, 0) is 25.6 Å². The van der Waals surface area contributed by atoms with Gasteiger partial charge in [-0.25, -0.2) is 4.98 Å². The number of aromatic nitrogens is 1. The van der Waals surface area contributed by atoms with Crippen LogP contribution in [-0.4, -0.2) is 25.1 Å². The van der Waals surface area contributed by atoms with Crippen LogP contribution in [0.4, 0.5) is 18.9 Å². The number of nitrogens with two attached hydrogens (primary N) is 1. The molecule has 0 fully saturated rings. The Morgan fingerprint density at radius 3 is 2.67 bits per heavy atom. The lowest BCUT2D eigenvalue weighted by atomic mass is 9.84. The molecule has 3 N–H and O–H groups in total. The third-order valence-electron chi connectivity index (χ3n) is 5.88. The number of nitrogens with zero attached hydrogens (tertiary/aromatic N) is 1. The molecule has 1 atom stereocenters. The fourth-order valence-electron chi connectivity index (χ4n) is 4.23. The second kappa shape index (κ2) is 8.74. The number of benzene rings is 1. The number of hydrogen-bond acceptors (Lipinski definition) is 6. The maximum Gasteiger partial charge on any atom is 0.417 e. The Labute approximate surface area is 192 Å². The number of nitrogens with one attached hydrogen (secondary N) is 1. The van der Waals surface area contributed by atoms with Crippen LogP contribution in [0, 0.1) is 5.92 Å². The number of nitrogen functional groups attached to an aromatic ring is 1. The number of rotatable bonds is 5. The number of aryl methyl sites for hydroxylation is 1. The van der Waals surface area contributed by atoms with Crippen molar-refractivity contribution < 1.29 is 27.4 Å². The third-order valence-corrected chi connectivity index (χ3v) is 6.98. The van der Waals surface area contributed by atoms with Gasteiger partial charge in [-0.05, 0) is 48.4 Å². The van der Waals surface area contributed by atoms with Crippen LogP contribution in [0.5, 0.6) is 11.5 Å². The van der Waals surface area contributed by atoms with Crippen molar-refractivity contribution in [3.05, 3.63) is 45.5 Å². The predicted octanol–water partition coefficient (Wildman–Crippen LogP) is 4.97. The number of anilines is 1. The first kappa shape index (κ1) is 23.2. The number of carbonyl (C=O) groups is 1. The Morgan fingerprint density at radius 2 is 2.00 bits per heavy atom. The van der Waals surface area contributed by atoms with Gasteiger partial charge in [-0.3, -0.25) is 4.79 Å². The van der Waals surface area contributed by atoms with Gasteiger partial charge in [0.1, 0.15) is 9.71 Å². The van der Waals surface area contributed by atoms with E-state index in [0.717, 1.165) is 23.3 Å². The number of methoxy groups -OCH3 is 2. The van der Waals surface area contributed by atoms with E-state index in [9.17, 15) is 18.0 Å². The number of fused-ring (bicyclic) bond motifs is 2. The van der Waals surface area contributed by atoms with Crippen molar-refractivity contribution in [2.75, 3.05) is 20.0 Å². The molecule has 33 heavy (non-hydrogen) atoms. The van der Waals surface area contributed by atoms with Crippen molar-refractivity contribution in [1.82, 2.24) is 10.3 Å². The molecule has 0 saturated heterocycles. The van der Waals surface area contributed by atoms with E-state index >= 15 is 0 Å². The molecule has 2 heterocycles. The predicted molar refractivity (Wildman–Crippen MR) is 121 cm³/mol. The Bertz CT molecular complexity index is 1220. The first-order valence-corrected chi connectivity index (χ1v) is 11.3. The van der Waals surface area contributed by atoms with E-state index in [1.54, 1.807) is 18.2 Å². The van der Waals surface area contributed by atoms with Crippen molar-refractivity contribution in [2.45, 2.75) is 38.9 Å². The average molecular weight is 480 g/mol. The van der Waals surface area contributed by atoms with E-state index in [1.165, 1.54) is 14.2 Å². The summed E-state index contributed by atoms with van der Waals surface area (Å²) in [5, 5.41) is 2.56. The van der Waals surface area contributed by atoms with Gasteiger partial charge in [0.15, 0.2) is 11.5 Å². The zero-order valence-corrected chi connectivity index (χ0v) is 19.2. The topological polar surface area (TPSA) is 86.5 Å². The summed E-state index contributed by atoms with van der Waals surface area (Å²) in [6.45, 7) is 2.07. The molecule has 0 bridgehead atoms. The van der Waals surface area contributed by atoms with Crippen LogP contribution in [0.15, 0.2) is 18.2 Å². The van der Waals surface area contributed by atoms with E-state index in [2.05, 4.69) is 10.3 Å². The van der Waals surface area contributed by atoms with Gasteiger partial charge in [0.25, 0.3) is 5.91 Å². The maximum absolute atomic E-state index is 14.1. The van der Waals surface area contributed by atoms with Crippen molar-refractivity contribution in [2.24, 2.45) is 5.92 Å². The smallest absolute Gasteiger partial charge is 0.417 e. The molecule has 6 nitrogen and oxygen atoms in total. The normalized spacial score (nSPS) is 15.9. The van der Waals surface area contributed by atoms with E-state index in [0.29, 0.717) is 30.0 Å². The molecular weight excluding hydrogens is 455 g/mol. The van der Waals surface area contributed by atoms with Gasteiger partial charge in [0, 0.05) is 17.6 Å². The molecule has 0 spiro atoms. The van der Waals surface area contributed by atoms with E-state index in [-0.39, 0.29) is 38.8 Å². The van der Waals surface area contributed by atoms with Gasteiger partial charge in [-0.1, -0.05) is 13.0 Å². The molecule has 176 valence electrons. The number of alkyl halides is 3. The first-order valence-electron chi connectivity index (χ1n) is 10.4. The number of ether oxygens (including phenoxy) is 2. The summed E-state index contributed by atoms with van der Waals surface area (Å²) in [7, 11) is 3.02. The molecule has 0 saturated carbocycles. The first-order chi connectivity index (χ1) is 15.6. The van der Waals surface area contributed by atoms with E-state index in [4.69, 9.17) is 15.2 Å². The minimum absolute atomic E-state index is 0.0267. The number of pyridine rings is 1. The zero-order chi connectivity index (χ0) is 23.9. The van der Waals surface area contributed by atoms with Crippen molar-refractivity contribution in [3.63, 3.8) is 0 Å². The summed E-state index contributed by atoms with van der Waals surface area (Å²) in [6, 6.07) is 5.18. The van der Waals surface area contributed by atoms with Crippen LogP contribution in [0.2, 0.25) is 0 Å². The summed E-state index contributed by atoms with van der Waals surface area (Å²) in [6.07, 6.45) is -3.04.